The van der Waals surface area contributed by atoms with Crippen LogP contribution in [-0.4, -0.2) is 29.2 Å². The first-order valence-electron chi connectivity index (χ1n) is 9.49. The van der Waals surface area contributed by atoms with Crippen LogP contribution in [0.25, 0.3) is 0 Å². The van der Waals surface area contributed by atoms with Gasteiger partial charge >= 0.3 is 0 Å². The second-order valence-electron chi connectivity index (χ2n) is 7.05. The van der Waals surface area contributed by atoms with Crippen LogP contribution in [0.3, 0.4) is 0 Å². The Hall–Kier alpha value is -3.61. The largest absolute Gasteiger partial charge is 0.325 e. The third kappa shape index (κ3) is 4.13. The number of allylic oxidation sites excluding steroid dienone is 2. The minimum atomic E-state index is -0.406. The predicted molar refractivity (Wildman–Crippen MR) is 108 cm³/mol. The standard InChI is InChI=1S/C22H20N4O3/c27-20(14-26-21(28)18-8-4-5-9-19(18)22(26)29)23-15-10-12-17(13-11-15)25-24-16-6-2-1-3-7-16/h1-7,10-13,18-19H,8-9,14H2,(H,23,27)/t18-,19+. The molecule has 7 heteroatoms. The summed E-state index contributed by atoms with van der Waals surface area (Å²) in [5, 5.41) is 11.0. The van der Waals surface area contributed by atoms with Crippen LogP contribution in [0, 0.1) is 11.8 Å². The number of rotatable bonds is 5. The van der Waals surface area contributed by atoms with Crippen LogP contribution in [0.15, 0.2) is 77.0 Å². The van der Waals surface area contributed by atoms with E-state index in [4.69, 9.17) is 0 Å². The minimum Gasteiger partial charge on any atom is -0.325 e. The molecule has 2 aromatic carbocycles. The van der Waals surface area contributed by atoms with Gasteiger partial charge in [0.2, 0.25) is 17.7 Å². The number of likely N-dealkylation sites (tertiary alicyclic amines) is 1. The van der Waals surface area contributed by atoms with Crippen molar-refractivity contribution in [3.63, 3.8) is 0 Å². The van der Waals surface area contributed by atoms with Gasteiger partial charge in [-0.1, -0.05) is 30.4 Å². The van der Waals surface area contributed by atoms with Gasteiger partial charge in [0.05, 0.1) is 23.2 Å². The third-order valence-corrected chi connectivity index (χ3v) is 5.09. The molecule has 0 unspecified atom stereocenters. The number of carbonyl (C=O) groups is 3. The number of amides is 3. The Morgan fingerprint density at radius 3 is 2.00 bits per heavy atom. The van der Waals surface area contributed by atoms with Crippen molar-refractivity contribution in [3.8, 4) is 0 Å². The summed E-state index contributed by atoms with van der Waals surface area (Å²) in [6.07, 6.45) is 4.97. The summed E-state index contributed by atoms with van der Waals surface area (Å²) in [5.41, 5.74) is 1.96. The topological polar surface area (TPSA) is 91.2 Å². The zero-order valence-electron chi connectivity index (χ0n) is 15.7. The Bertz CT molecular complexity index is 957. The molecular weight excluding hydrogens is 368 g/mol. The molecule has 2 atom stereocenters. The van der Waals surface area contributed by atoms with Crippen LogP contribution < -0.4 is 5.32 Å². The Kier molecular flexibility index (Phi) is 5.29. The Morgan fingerprint density at radius 1 is 0.862 bits per heavy atom. The second-order valence-corrected chi connectivity index (χ2v) is 7.05. The summed E-state index contributed by atoms with van der Waals surface area (Å²) < 4.78 is 0. The first-order valence-corrected chi connectivity index (χ1v) is 9.49. The first kappa shape index (κ1) is 18.7. The van der Waals surface area contributed by atoms with Crippen molar-refractivity contribution in [1.29, 1.82) is 0 Å². The molecule has 1 heterocycles. The lowest BCUT2D eigenvalue weighted by Crippen LogP contribution is -2.38. The van der Waals surface area contributed by atoms with E-state index in [9.17, 15) is 14.4 Å². The van der Waals surface area contributed by atoms with E-state index in [0.29, 0.717) is 24.2 Å². The van der Waals surface area contributed by atoms with E-state index in [0.717, 1.165) is 10.6 Å². The van der Waals surface area contributed by atoms with Gasteiger partial charge < -0.3 is 5.32 Å². The van der Waals surface area contributed by atoms with Gasteiger partial charge in [0.1, 0.15) is 6.54 Å². The highest BCUT2D eigenvalue weighted by atomic mass is 16.2. The highest BCUT2D eigenvalue weighted by Crippen LogP contribution is 2.34. The number of hydrogen-bond acceptors (Lipinski definition) is 5. The van der Waals surface area contributed by atoms with Crippen LogP contribution >= 0.6 is 0 Å². The van der Waals surface area contributed by atoms with Gasteiger partial charge in [0.15, 0.2) is 0 Å². The highest BCUT2D eigenvalue weighted by Gasteiger charge is 2.47. The molecule has 1 N–H and O–H groups in total. The first-order chi connectivity index (χ1) is 14.1. The van der Waals surface area contributed by atoms with Crippen LogP contribution in [0.5, 0.6) is 0 Å². The molecule has 3 amide bonds. The molecule has 0 bridgehead atoms. The number of nitrogens with one attached hydrogen (secondary N) is 1. The maximum atomic E-state index is 12.4. The third-order valence-electron chi connectivity index (χ3n) is 5.09. The van der Waals surface area contributed by atoms with Gasteiger partial charge in [-0.2, -0.15) is 10.2 Å². The smallest absolute Gasteiger partial charge is 0.244 e. The zero-order chi connectivity index (χ0) is 20.2. The second kappa shape index (κ2) is 8.18. The molecule has 0 aromatic heterocycles. The number of benzene rings is 2. The van der Waals surface area contributed by atoms with E-state index in [-0.39, 0.29) is 30.2 Å². The van der Waals surface area contributed by atoms with Crippen molar-refractivity contribution in [2.75, 3.05) is 11.9 Å². The number of fused-ring (bicyclic) bond motifs is 1. The van der Waals surface area contributed by atoms with Crippen LogP contribution in [0.4, 0.5) is 17.1 Å². The number of imide groups is 1. The van der Waals surface area contributed by atoms with Crippen LogP contribution in [-0.2, 0) is 14.4 Å². The molecule has 2 aromatic rings. The van der Waals surface area contributed by atoms with Crippen molar-refractivity contribution >= 4 is 34.8 Å². The molecule has 1 aliphatic carbocycles. The van der Waals surface area contributed by atoms with Crippen molar-refractivity contribution in [3.05, 3.63) is 66.7 Å². The lowest BCUT2D eigenvalue weighted by atomic mass is 9.85. The summed E-state index contributed by atoms with van der Waals surface area (Å²) in [6.45, 7) is -0.264. The summed E-state index contributed by atoms with van der Waals surface area (Å²) in [4.78, 5) is 38.3. The molecule has 7 nitrogen and oxygen atoms in total. The molecule has 2 aliphatic rings. The molecule has 29 heavy (non-hydrogen) atoms. The van der Waals surface area contributed by atoms with E-state index in [1.54, 1.807) is 24.3 Å². The number of nitrogens with zero attached hydrogens (tertiary/aromatic N) is 3. The molecule has 1 saturated heterocycles. The quantitative estimate of drug-likeness (QED) is 0.477. The van der Waals surface area contributed by atoms with Crippen LogP contribution in [0.1, 0.15) is 12.8 Å². The fraction of sp³-hybridized carbons (Fsp3) is 0.227. The van der Waals surface area contributed by atoms with E-state index in [2.05, 4.69) is 15.5 Å². The Balaban J connectivity index is 1.35. The summed E-state index contributed by atoms with van der Waals surface area (Å²) in [7, 11) is 0. The molecule has 0 saturated carbocycles. The van der Waals surface area contributed by atoms with Crippen molar-refractivity contribution in [2.45, 2.75) is 12.8 Å². The minimum absolute atomic E-state index is 0.254. The predicted octanol–water partition coefficient (Wildman–Crippen LogP) is 3.99. The maximum absolute atomic E-state index is 12.4. The van der Waals surface area contributed by atoms with Crippen molar-refractivity contribution < 1.29 is 14.4 Å². The zero-order valence-corrected chi connectivity index (χ0v) is 15.7. The molecule has 146 valence electrons. The van der Waals surface area contributed by atoms with Crippen molar-refractivity contribution in [2.24, 2.45) is 22.1 Å². The maximum Gasteiger partial charge on any atom is 0.244 e. The van der Waals surface area contributed by atoms with Gasteiger partial charge in [-0.25, -0.2) is 0 Å². The number of anilines is 1. The van der Waals surface area contributed by atoms with Gasteiger partial charge in [-0.15, -0.1) is 0 Å². The van der Waals surface area contributed by atoms with Crippen molar-refractivity contribution in [1.82, 2.24) is 4.90 Å². The molecule has 1 fully saturated rings. The lowest BCUT2D eigenvalue weighted by Gasteiger charge is -2.14. The van der Waals surface area contributed by atoms with E-state index >= 15 is 0 Å². The Labute approximate surface area is 168 Å². The SMILES string of the molecule is O=C(CN1C(=O)[C@H]2CC=CC[C@H]2C1=O)Nc1ccc(N=Nc2ccccc2)cc1. The molecule has 4 rings (SSSR count). The molecule has 0 radical (unpaired) electrons. The molecule has 1 aliphatic heterocycles. The molecular formula is C22H20N4O3. The summed E-state index contributed by atoms with van der Waals surface area (Å²) in [6, 6.07) is 16.2. The lowest BCUT2D eigenvalue weighted by molar-refractivity contribution is -0.142. The summed E-state index contributed by atoms with van der Waals surface area (Å²) >= 11 is 0. The fourth-order valence-corrected chi connectivity index (χ4v) is 3.59. The van der Waals surface area contributed by atoms with Gasteiger partial charge in [0, 0.05) is 5.69 Å². The fourth-order valence-electron chi connectivity index (χ4n) is 3.59. The number of hydrogen-bond donors (Lipinski definition) is 1. The van der Waals surface area contributed by atoms with E-state index in [1.807, 2.05) is 42.5 Å². The number of carbonyl (C=O) groups excluding carboxylic acids is 3. The van der Waals surface area contributed by atoms with E-state index in [1.165, 1.54) is 0 Å². The average Bonchev–Trinajstić information content (AvgIpc) is 2.99. The van der Waals surface area contributed by atoms with Gasteiger partial charge in [-0.05, 0) is 49.2 Å². The highest BCUT2D eigenvalue weighted by molar-refractivity contribution is 6.08. The number of azo groups is 1. The normalized spacial score (nSPS) is 20.9. The van der Waals surface area contributed by atoms with Crippen LogP contribution in [0.2, 0.25) is 0 Å². The average molecular weight is 388 g/mol. The van der Waals surface area contributed by atoms with E-state index < -0.39 is 5.91 Å². The Morgan fingerprint density at radius 2 is 1.41 bits per heavy atom. The summed E-state index contributed by atoms with van der Waals surface area (Å²) in [5.74, 6) is -1.56. The van der Waals surface area contributed by atoms with Gasteiger partial charge in [0.25, 0.3) is 0 Å². The van der Waals surface area contributed by atoms with Gasteiger partial charge in [-0.3, -0.25) is 19.3 Å². The monoisotopic (exact) mass is 388 g/mol. The molecule has 0 spiro atoms.